The summed E-state index contributed by atoms with van der Waals surface area (Å²) in [4.78, 5) is 46.2. The van der Waals surface area contributed by atoms with Crippen LogP contribution in [0.15, 0.2) is 34.0 Å². The molecule has 1 aromatic heterocycles. The standard InChI is InChI=1S/C15H13N5O5/c1-2-18-7-11(6-16)14(22)19(15(18)23)8-10-4-3-9(13(17)21)5-12(10)20(24)25/h3-5,7H,2,8H2,1H3,(H2,17,21). The van der Waals surface area contributed by atoms with Gasteiger partial charge in [-0.1, -0.05) is 0 Å². The molecular formula is C15H13N5O5. The van der Waals surface area contributed by atoms with E-state index in [0.29, 0.717) is 0 Å². The number of amides is 1. The molecule has 25 heavy (non-hydrogen) atoms. The molecule has 0 saturated carbocycles. The predicted octanol–water partition coefficient (Wildman–Crippen LogP) is -0.0430. The Morgan fingerprint density at radius 3 is 2.60 bits per heavy atom. The van der Waals surface area contributed by atoms with Crippen LogP contribution in [0.4, 0.5) is 5.69 Å². The van der Waals surface area contributed by atoms with Crippen LogP contribution in [0.25, 0.3) is 0 Å². The molecule has 2 rings (SSSR count). The molecule has 0 fully saturated rings. The second-order valence-electron chi connectivity index (χ2n) is 5.08. The van der Waals surface area contributed by atoms with Crippen molar-refractivity contribution in [1.82, 2.24) is 9.13 Å². The third-order valence-corrected chi connectivity index (χ3v) is 3.59. The van der Waals surface area contributed by atoms with E-state index in [1.807, 2.05) is 0 Å². The molecule has 1 aromatic carbocycles. The minimum atomic E-state index is -0.842. The van der Waals surface area contributed by atoms with Gasteiger partial charge >= 0.3 is 5.69 Å². The molecule has 0 unspecified atom stereocenters. The Morgan fingerprint density at radius 1 is 1.40 bits per heavy atom. The van der Waals surface area contributed by atoms with Crippen LogP contribution < -0.4 is 17.0 Å². The molecule has 0 bridgehead atoms. The number of aromatic nitrogens is 2. The van der Waals surface area contributed by atoms with Crippen molar-refractivity contribution in [1.29, 1.82) is 5.26 Å². The number of nitrogens with zero attached hydrogens (tertiary/aromatic N) is 4. The molecule has 0 spiro atoms. The fourth-order valence-electron chi connectivity index (χ4n) is 2.29. The van der Waals surface area contributed by atoms with Crippen molar-refractivity contribution >= 4 is 11.6 Å². The van der Waals surface area contributed by atoms with E-state index in [0.717, 1.165) is 21.4 Å². The van der Waals surface area contributed by atoms with Crippen LogP contribution in [-0.4, -0.2) is 20.0 Å². The lowest BCUT2D eigenvalue weighted by Gasteiger charge is -2.10. The highest BCUT2D eigenvalue weighted by molar-refractivity contribution is 5.93. The zero-order valence-corrected chi connectivity index (χ0v) is 13.1. The molecule has 0 aliphatic carbocycles. The lowest BCUT2D eigenvalue weighted by atomic mass is 10.1. The number of rotatable bonds is 5. The number of hydrogen-bond donors (Lipinski definition) is 1. The summed E-state index contributed by atoms with van der Waals surface area (Å²) in [6, 6.07) is 5.19. The second kappa shape index (κ2) is 6.79. The molecule has 0 aliphatic rings. The van der Waals surface area contributed by atoms with Gasteiger partial charge in [-0.05, 0) is 19.1 Å². The maximum Gasteiger partial charge on any atom is 0.331 e. The van der Waals surface area contributed by atoms with Crippen molar-refractivity contribution in [2.45, 2.75) is 20.0 Å². The van der Waals surface area contributed by atoms with Gasteiger partial charge in [0.1, 0.15) is 11.6 Å². The van der Waals surface area contributed by atoms with Gasteiger partial charge in [0.2, 0.25) is 5.91 Å². The van der Waals surface area contributed by atoms with Crippen molar-refractivity contribution in [3.63, 3.8) is 0 Å². The van der Waals surface area contributed by atoms with E-state index in [1.54, 1.807) is 13.0 Å². The number of benzene rings is 1. The van der Waals surface area contributed by atoms with Gasteiger partial charge in [-0.2, -0.15) is 5.26 Å². The van der Waals surface area contributed by atoms with Crippen molar-refractivity contribution < 1.29 is 9.72 Å². The summed E-state index contributed by atoms with van der Waals surface area (Å²) in [6.07, 6.45) is 1.14. The maximum absolute atomic E-state index is 12.3. The van der Waals surface area contributed by atoms with Gasteiger partial charge in [-0.15, -0.1) is 0 Å². The van der Waals surface area contributed by atoms with E-state index in [2.05, 4.69) is 0 Å². The highest BCUT2D eigenvalue weighted by Crippen LogP contribution is 2.20. The fraction of sp³-hybridized carbons (Fsp3) is 0.200. The number of carbonyl (C=O) groups excluding carboxylic acids is 1. The second-order valence-corrected chi connectivity index (χ2v) is 5.08. The molecule has 0 aliphatic heterocycles. The molecule has 2 N–H and O–H groups in total. The average molecular weight is 343 g/mol. The highest BCUT2D eigenvalue weighted by atomic mass is 16.6. The monoisotopic (exact) mass is 343 g/mol. The van der Waals surface area contributed by atoms with Gasteiger partial charge in [0.15, 0.2) is 0 Å². The number of primary amides is 1. The molecular weight excluding hydrogens is 330 g/mol. The van der Waals surface area contributed by atoms with Crippen LogP contribution in [0, 0.1) is 21.4 Å². The van der Waals surface area contributed by atoms with Crippen LogP contribution >= 0.6 is 0 Å². The Bertz CT molecular complexity index is 1030. The smallest absolute Gasteiger partial charge is 0.331 e. The summed E-state index contributed by atoms with van der Waals surface area (Å²) >= 11 is 0. The van der Waals surface area contributed by atoms with E-state index < -0.39 is 34.3 Å². The maximum atomic E-state index is 12.3. The van der Waals surface area contributed by atoms with Crippen LogP contribution in [0.3, 0.4) is 0 Å². The van der Waals surface area contributed by atoms with E-state index in [-0.39, 0.29) is 23.2 Å². The molecule has 0 radical (unpaired) electrons. The largest absolute Gasteiger partial charge is 0.366 e. The molecule has 10 heteroatoms. The lowest BCUT2D eigenvalue weighted by Crippen LogP contribution is -2.41. The van der Waals surface area contributed by atoms with Gasteiger partial charge in [0.25, 0.3) is 11.2 Å². The number of aryl methyl sites for hydroxylation is 1. The first-order chi connectivity index (χ1) is 11.8. The number of carbonyl (C=O) groups is 1. The van der Waals surface area contributed by atoms with Crippen molar-refractivity contribution in [3.8, 4) is 6.07 Å². The fourth-order valence-corrected chi connectivity index (χ4v) is 2.29. The van der Waals surface area contributed by atoms with Gasteiger partial charge in [0, 0.05) is 29.9 Å². The summed E-state index contributed by atoms with van der Waals surface area (Å²) in [5.41, 5.74) is 2.83. The Labute approximate surface area is 140 Å². The van der Waals surface area contributed by atoms with E-state index >= 15 is 0 Å². The third-order valence-electron chi connectivity index (χ3n) is 3.59. The van der Waals surface area contributed by atoms with Gasteiger partial charge < -0.3 is 5.73 Å². The van der Waals surface area contributed by atoms with Crippen LogP contribution in [0.5, 0.6) is 0 Å². The zero-order chi connectivity index (χ0) is 18.7. The number of nitro benzene ring substituents is 1. The van der Waals surface area contributed by atoms with E-state index in [9.17, 15) is 24.5 Å². The number of nitrogens with two attached hydrogens (primary N) is 1. The van der Waals surface area contributed by atoms with Gasteiger partial charge in [-0.25, -0.2) is 4.79 Å². The van der Waals surface area contributed by atoms with Crippen LogP contribution in [0.1, 0.15) is 28.4 Å². The number of nitro groups is 1. The number of nitriles is 1. The summed E-state index contributed by atoms with van der Waals surface area (Å²) in [7, 11) is 0. The quantitative estimate of drug-likeness (QED) is 0.593. The van der Waals surface area contributed by atoms with Crippen LogP contribution in [0.2, 0.25) is 0 Å². The van der Waals surface area contributed by atoms with Gasteiger partial charge in [0.05, 0.1) is 11.5 Å². The van der Waals surface area contributed by atoms with E-state index in [4.69, 9.17) is 11.0 Å². The SMILES string of the molecule is CCn1cc(C#N)c(=O)n(Cc2ccc(C(N)=O)cc2[N+](=O)[O-])c1=O. The molecule has 2 aromatic rings. The first-order valence-electron chi connectivity index (χ1n) is 7.11. The normalized spacial score (nSPS) is 10.2. The Morgan fingerprint density at radius 2 is 2.08 bits per heavy atom. The van der Waals surface area contributed by atoms with E-state index in [1.165, 1.54) is 12.1 Å². The Balaban J connectivity index is 2.67. The minimum Gasteiger partial charge on any atom is -0.366 e. The van der Waals surface area contributed by atoms with Gasteiger partial charge in [-0.3, -0.25) is 28.8 Å². The third kappa shape index (κ3) is 3.30. The summed E-state index contributed by atoms with van der Waals surface area (Å²) < 4.78 is 1.90. The zero-order valence-electron chi connectivity index (χ0n) is 13.1. The van der Waals surface area contributed by atoms with Crippen molar-refractivity contribution in [2.24, 2.45) is 5.73 Å². The predicted molar refractivity (Wildman–Crippen MR) is 86.1 cm³/mol. The molecule has 0 atom stereocenters. The first-order valence-corrected chi connectivity index (χ1v) is 7.11. The van der Waals surface area contributed by atoms with Crippen molar-refractivity contribution in [3.05, 3.63) is 72.0 Å². The lowest BCUT2D eigenvalue weighted by molar-refractivity contribution is -0.385. The average Bonchev–Trinajstić information content (AvgIpc) is 2.58. The molecule has 128 valence electrons. The Kier molecular flexibility index (Phi) is 4.79. The number of hydrogen-bond acceptors (Lipinski definition) is 6. The highest BCUT2D eigenvalue weighted by Gasteiger charge is 2.19. The Hall–Kier alpha value is -3.74. The topological polar surface area (TPSA) is 154 Å². The summed E-state index contributed by atoms with van der Waals surface area (Å²) in [5.74, 6) is -0.841. The molecule has 0 saturated heterocycles. The van der Waals surface area contributed by atoms with Crippen LogP contribution in [-0.2, 0) is 13.1 Å². The molecule has 1 heterocycles. The minimum absolute atomic E-state index is 0.0342. The first kappa shape index (κ1) is 17.6. The molecule has 1 amide bonds. The summed E-state index contributed by atoms with van der Waals surface area (Å²) in [5, 5.41) is 20.3. The summed E-state index contributed by atoms with van der Waals surface area (Å²) in [6.45, 7) is 1.46. The van der Waals surface area contributed by atoms with Crippen molar-refractivity contribution in [2.75, 3.05) is 0 Å². The molecule has 10 nitrogen and oxygen atoms in total.